The molecule has 1 saturated heterocycles. The van der Waals surface area contributed by atoms with Crippen molar-refractivity contribution < 1.29 is 33.3 Å². The van der Waals surface area contributed by atoms with Gasteiger partial charge in [0.15, 0.2) is 11.5 Å². The molecule has 4 N–H and O–H groups in total. The van der Waals surface area contributed by atoms with Gasteiger partial charge in [0.2, 0.25) is 24.5 Å². The van der Waals surface area contributed by atoms with E-state index in [9.17, 15) is 14.4 Å². The number of benzene rings is 2. The first kappa shape index (κ1) is 37.7. The van der Waals surface area contributed by atoms with Crippen molar-refractivity contribution >= 4 is 69.8 Å². The Balaban J connectivity index is 0.00000541. The number of halogens is 2. The SMILES string of the molecule is CNC(C)C(=O)NC(C(=O)N1CCCC1C(=O)Nc1cc2c(Nc3c(Cl)ccc4c3OCO4)ncnc2cc1OCCOC)C(C)(C)C.Cl. The summed E-state index contributed by atoms with van der Waals surface area (Å²) in [6.07, 6.45) is 2.49. The number of nitrogens with one attached hydrogen (secondary N) is 4. The quantitative estimate of drug-likeness (QED) is 0.198. The monoisotopic (exact) mass is 719 g/mol. The maximum atomic E-state index is 14.0. The Labute approximate surface area is 296 Å². The van der Waals surface area contributed by atoms with E-state index in [1.807, 2.05) is 20.8 Å². The van der Waals surface area contributed by atoms with Gasteiger partial charge in [-0.2, -0.15) is 0 Å². The zero-order chi connectivity index (χ0) is 34.6. The number of carbonyl (C=O) groups is 3. The van der Waals surface area contributed by atoms with Crippen molar-refractivity contribution in [2.45, 2.75) is 58.7 Å². The number of rotatable bonds is 12. The minimum Gasteiger partial charge on any atom is -0.489 e. The van der Waals surface area contributed by atoms with Crippen LogP contribution in [0.1, 0.15) is 40.5 Å². The molecule has 0 bridgehead atoms. The van der Waals surface area contributed by atoms with E-state index in [-0.39, 0.29) is 43.5 Å². The highest BCUT2D eigenvalue weighted by Gasteiger charge is 2.42. The van der Waals surface area contributed by atoms with Crippen LogP contribution in [0.3, 0.4) is 0 Å². The Morgan fingerprint density at radius 1 is 1.14 bits per heavy atom. The van der Waals surface area contributed by atoms with Crippen molar-refractivity contribution in [3.63, 3.8) is 0 Å². The molecular weight excluding hydrogens is 677 g/mol. The minimum absolute atomic E-state index is 0. The molecule has 0 spiro atoms. The topological polar surface area (TPSA) is 165 Å². The molecule has 0 radical (unpaired) electrons. The average molecular weight is 721 g/mol. The van der Waals surface area contributed by atoms with Gasteiger partial charge in [-0.25, -0.2) is 9.97 Å². The fourth-order valence-corrected chi connectivity index (χ4v) is 5.75. The Bertz CT molecular complexity index is 1690. The molecule has 2 aliphatic heterocycles. The molecule has 266 valence electrons. The number of hydrogen-bond acceptors (Lipinski definition) is 11. The zero-order valence-corrected chi connectivity index (χ0v) is 29.9. The largest absolute Gasteiger partial charge is 0.489 e. The molecule has 2 aromatic carbocycles. The first-order valence-corrected chi connectivity index (χ1v) is 16.1. The van der Waals surface area contributed by atoms with Crippen molar-refractivity contribution in [1.29, 1.82) is 0 Å². The molecule has 5 rings (SSSR count). The summed E-state index contributed by atoms with van der Waals surface area (Å²) in [4.78, 5) is 51.2. The zero-order valence-electron chi connectivity index (χ0n) is 28.3. The molecule has 14 nitrogen and oxygen atoms in total. The minimum atomic E-state index is -0.839. The average Bonchev–Trinajstić information content (AvgIpc) is 3.75. The van der Waals surface area contributed by atoms with Gasteiger partial charge in [0.1, 0.15) is 42.3 Å². The summed E-state index contributed by atoms with van der Waals surface area (Å²) in [5, 5.41) is 13.0. The van der Waals surface area contributed by atoms with Crippen LogP contribution in [0.15, 0.2) is 30.6 Å². The van der Waals surface area contributed by atoms with Crippen molar-refractivity contribution in [2.24, 2.45) is 5.41 Å². The lowest BCUT2D eigenvalue weighted by atomic mass is 9.85. The molecule has 49 heavy (non-hydrogen) atoms. The Kier molecular flexibility index (Phi) is 12.4. The highest BCUT2D eigenvalue weighted by atomic mass is 35.5. The molecule has 0 aliphatic carbocycles. The molecule has 3 amide bonds. The van der Waals surface area contributed by atoms with Crippen LogP contribution in [0, 0.1) is 5.41 Å². The number of nitrogens with zero attached hydrogens (tertiary/aromatic N) is 3. The molecule has 2 aliphatic rings. The Morgan fingerprint density at radius 3 is 2.63 bits per heavy atom. The summed E-state index contributed by atoms with van der Waals surface area (Å²) in [6, 6.07) is 4.74. The third-order valence-electron chi connectivity index (χ3n) is 8.34. The first-order valence-electron chi connectivity index (χ1n) is 15.8. The van der Waals surface area contributed by atoms with Crippen LogP contribution >= 0.6 is 24.0 Å². The van der Waals surface area contributed by atoms with E-state index in [0.717, 1.165) is 0 Å². The lowest BCUT2D eigenvalue weighted by molar-refractivity contribution is -0.143. The van der Waals surface area contributed by atoms with Crippen molar-refractivity contribution in [3.05, 3.63) is 35.6 Å². The molecule has 3 heterocycles. The number of likely N-dealkylation sites (tertiary alicyclic amines) is 1. The number of amides is 3. The number of carbonyl (C=O) groups excluding carboxylic acids is 3. The number of methoxy groups -OCH3 is 1. The molecular formula is C33H43Cl2N7O7. The van der Waals surface area contributed by atoms with E-state index in [0.29, 0.717) is 76.4 Å². The summed E-state index contributed by atoms with van der Waals surface area (Å²) in [5.74, 6) is 0.769. The van der Waals surface area contributed by atoms with E-state index in [1.54, 1.807) is 50.2 Å². The first-order chi connectivity index (χ1) is 22.9. The number of aromatic nitrogens is 2. The van der Waals surface area contributed by atoms with Gasteiger partial charge in [-0.05, 0) is 50.4 Å². The maximum absolute atomic E-state index is 14.0. The molecule has 3 atom stereocenters. The second-order valence-corrected chi connectivity index (χ2v) is 13.1. The van der Waals surface area contributed by atoms with Gasteiger partial charge < -0.3 is 45.1 Å². The van der Waals surface area contributed by atoms with E-state index >= 15 is 0 Å². The predicted molar refractivity (Wildman–Crippen MR) is 188 cm³/mol. The van der Waals surface area contributed by atoms with Gasteiger partial charge >= 0.3 is 0 Å². The van der Waals surface area contributed by atoms with Crippen LogP contribution in [0.2, 0.25) is 5.02 Å². The smallest absolute Gasteiger partial charge is 0.247 e. The number of anilines is 3. The second kappa shape index (κ2) is 16.1. The third kappa shape index (κ3) is 8.38. The summed E-state index contributed by atoms with van der Waals surface area (Å²) in [6.45, 7) is 8.34. The van der Waals surface area contributed by atoms with Crippen LogP contribution in [-0.2, 0) is 19.1 Å². The second-order valence-electron chi connectivity index (χ2n) is 12.7. The number of likely N-dealkylation sites (N-methyl/N-ethyl adjacent to an activating group) is 1. The highest BCUT2D eigenvalue weighted by molar-refractivity contribution is 6.34. The van der Waals surface area contributed by atoms with Gasteiger partial charge in [0, 0.05) is 25.1 Å². The van der Waals surface area contributed by atoms with Gasteiger partial charge in [-0.1, -0.05) is 32.4 Å². The fourth-order valence-electron chi connectivity index (χ4n) is 5.55. The van der Waals surface area contributed by atoms with E-state index in [2.05, 4.69) is 31.2 Å². The lowest BCUT2D eigenvalue weighted by Gasteiger charge is -2.36. The third-order valence-corrected chi connectivity index (χ3v) is 8.65. The van der Waals surface area contributed by atoms with Crippen LogP contribution in [-0.4, -0.2) is 91.4 Å². The number of ether oxygens (including phenoxy) is 4. The summed E-state index contributed by atoms with van der Waals surface area (Å²) in [7, 11) is 3.24. The Morgan fingerprint density at radius 2 is 1.92 bits per heavy atom. The number of fused-ring (bicyclic) bond motifs is 2. The highest BCUT2D eigenvalue weighted by Crippen LogP contribution is 2.45. The van der Waals surface area contributed by atoms with Crippen LogP contribution in [0.25, 0.3) is 10.9 Å². The molecule has 1 aromatic heterocycles. The van der Waals surface area contributed by atoms with E-state index in [4.69, 9.17) is 30.5 Å². The predicted octanol–water partition coefficient (Wildman–Crippen LogP) is 4.27. The van der Waals surface area contributed by atoms with Crippen molar-refractivity contribution in [1.82, 2.24) is 25.5 Å². The van der Waals surface area contributed by atoms with Gasteiger partial charge in [0.05, 0.1) is 28.9 Å². The fraction of sp³-hybridized carbons (Fsp3) is 0.485. The molecule has 16 heteroatoms. The molecule has 1 fully saturated rings. The lowest BCUT2D eigenvalue weighted by Crippen LogP contribution is -2.59. The van der Waals surface area contributed by atoms with Gasteiger partial charge in [0.25, 0.3) is 0 Å². The molecule has 3 unspecified atom stereocenters. The van der Waals surface area contributed by atoms with E-state index < -0.39 is 23.5 Å². The van der Waals surface area contributed by atoms with Crippen molar-refractivity contribution in [2.75, 3.05) is 51.3 Å². The standard InChI is InChI=1S/C33H42ClN7O7.ClH/c1-18(35-5)30(42)40-28(33(2,3)4)32(44)41-11-7-8-23(41)31(43)38-22-14-19-21(15-25(22)46-13-12-45-6)36-16-37-29(19)39-26-20(34)9-10-24-27(26)48-17-47-24;/h9-10,14-16,18,23,28,35H,7-8,11-13,17H2,1-6H3,(H,38,43)(H,40,42)(H,36,37,39);1H. The summed E-state index contributed by atoms with van der Waals surface area (Å²) >= 11 is 6.53. The van der Waals surface area contributed by atoms with Gasteiger partial charge in [-0.3, -0.25) is 14.4 Å². The normalized spacial score (nSPS) is 16.5. The van der Waals surface area contributed by atoms with Crippen LogP contribution in [0.5, 0.6) is 17.2 Å². The summed E-state index contributed by atoms with van der Waals surface area (Å²) in [5.41, 5.74) is 0.763. The maximum Gasteiger partial charge on any atom is 0.247 e. The number of hydrogen-bond donors (Lipinski definition) is 4. The van der Waals surface area contributed by atoms with Gasteiger partial charge in [-0.15, -0.1) is 12.4 Å². The Hall–Kier alpha value is -4.11. The van der Waals surface area contributed by atoms with Crippen molar-refractivity contribution in [3.8, 4) is 17.2 Å². The molecule has 0 saturated carbocycles. The summed E-state index contributed by atoms with van der Waals surface area (Å²) < 4.78 is 22.3. The van der Waals surface area contributed by atoms with E-state index in [1.165, 1.54) is 6.33 Å². The molecule has 3 aromatic rings. The van der Waals surface area contributed by atoms with Crippen LogP contribution < -0.4 is 35.5 Å². The van der Waals surface area contributed by atoms with Crippen LogP contribution in [0.4, 0.5) is 17.2 Å².